The number of halogens is 1. The van der Waals surface area contributed by atoms with Gasteiger partial charge in [-0.3, -0.25) is 9.69 Å². The molecule has 0 atom stereocenters. The van der Waals surface area contributed by atoms with Crippen LogP contribution in [0.25, 0.3) is 16.6 Å². The summed E-state index contributed by atoms with van der Waals surface area (Å²) in [4.78, 5) is 22.9. The minimum Gasteiger partial charge on any atom is -0.327 e. The molecule has 10 heteroatoms. The standard InChI is InChI=1S/C21H16ClN7OS/c1-28(19-4-3-13(9-23)10-24-19)21(30)14-5-6-29-18(8-14)16(12-26-29)15-7-17(27-31-2)20(22)25-11-15/h3-8,10-12,27H,1-2H3. The molecule has 0 spiro atoms. The predicted octanol–water partition coefficient (Wildman–Crippen LogP) is 4.28. The fraction of sp³-hybridized carbons (Fsp3) is 0.0952. The van der Waals surface area contributed by atoms with Crippen LogP contribution in [0.1, 0.15) is 15.9 Å². The van der Waals surface area contributed by atoms with Gasteiger partial charge in [-0.2, -0.15) is 10.4 Å². The second-order valence-corrected chi connectivity index (χ2v) is 7.52. The number of anilines is 2. The van der Waals surface area contributed by atoms with Gasteiger partial charge in [0.2, 0.25) is 0 Å². The van der Waals surface area contributed by atoms with E-state index in [1.54, 1.807) is 54.4 Å². The number of nitriles is 1. The third-order valence-electron chi connectivity index (χ3n) is 4.66. The Hall–Kier alpha value is -3.61. The Kier molecular flexibility index (Phi) is 5.75. The maximum absolute atomic E-state index is 13.0. The van der Waals surface area contributed by atoms with E-state index in [1.807, 2.05) is 18.4 Å². The Morgan fingerprint density at radius 2 is 2.06 bits per heavy atom. The van der Waals surface area contributed by atoms with Crippen LogP contribution in [-0.2, 0) is 0 Å². The first-order valence-electron chi connectivity index (χ1n) is 9.08. The lowest BCUT2D eigenvalue weighted by Gasteiger charge is -2.16. The first kappa shape index (κ1) is 20.7. The van der Waals surface area contributed by atoms with Crippen molar-refractivity contribution in [2.24, 2.45) is 0 Å². The highest BCUT2D eigenvalue weighted by molar-refractivity contribution is 7.99. The van der Waals surface area contributed by atoms with Crippen molar-refractivity contribution in [3.63, 3.8) is 0 Å². The van der Waals surface area contributed by atoms with Crippen LogP contribution in [0.15, 0.2) is 55.1 Å². The Labute approximate surface area is 187 Å². The summed E-state index contributed by atoms with van der Waals surface area (Å²) in [6.07, 6.45) is 8.46. The molecule has 1 N–H and O–H groups in total. The summed E-state index contributed by atoms with van der Waals surface area (Å²) in [6.45, 7) is 0. The van der Waals surface area contributed by atoms with Gasteiger partial charge in [0.05, 0.1) is 23.0 Å². The lowest BCUT2D eigenvalue weighted by molar-refractivity contribution is 0.0992. The molecule has 8 nitrogen and oxygen atoms in total. The number of pyridine rings is 3. The molecule has 31 heavy (non-hydrogen) atoms. The van der Waals surface area contributed by atoms with Gasteiger partial charge in [-0.15, -0.1) is 0 Å². The highest BCUT2D eigenvalue weighted by Gasteiger charge is 2.17. The molecule has 0 aromatic carbocycles. The van der Waals surface area contributed by atoms with Crippen LogP contribution < -0.4 is 9.62 Å². The summed E-state index contributed by atoms with van der Waals surface area (Å²) in [5, 5.41) is 13.7. The van der Waals surface area contributed by atoms with E-state index in [-0.39, 0.29) is 5.91 Å². The van der Waals surface area contributed by atoms with E-state index in [0.717, 1.165) is 16.6 Å². The fourth-order valence-corrected chi connectivity index (χ4v) is 3.64. The first-order valence-corrected chi connectivity index (χ1v) is 10.7. The molecule has 4 aromatic heterocycles. The van der Waals surface area contributed by atoms with Crippen LogP contribution in [0.2, 0.25) is 5.15 Å². The van der Waals surface area contributed by atoms with Crippen molar-refractivity contribution in [2.75, 3.05) is 22.9 Å². The number of aromatic nitrogens is 4. The lowest BCUT2D eigenvalue weighted by atomic mass is 10.1. The van der Waals surface area contributed by atoms with E-state index < -0.39 is 0 Å². The van der Waals surface area contributed by atoms with Gasteiger partial charge < -0.3 is 4.72 Å². The first-order chi connectivity index (χ1) is 15.0. The van der Waals surface area contributed by atoms with Gasteiger partial charge in [-0.25, -0.2) is 14.5 Å². The summed E-state index contributed by atoms with van der Waals surface area (Å²) < 4.78 is 4.80. The van der Waals surface area contributed by atoms with Crippen LogP contribution in [0.4, 0.5) is 11.5 Å². The van der Waals surface area contributed by atoms with E-state index in [4.69, 9.17) is 16.9 Å². The van der Waals surface area contributed by atoms with Crippen LogP contribution >= 0.6 is 23.5 Å². The average Bonchev–Trinajstić information content (AvgIpc) is 3.23. The number of nitrogens with one attached hydrogen (secondary N) is 1. The van der Waals surface area contributed by atoms with E-state index in [2.05, 4.69) is 19.8 Å². The molecular formula is C21H16ClN7OS. The Morgan fingerprint density at radius 1 is 1.23 bits per heavy atom. The van der Waals surface area contributed by atoms with Gasteiger partial charge in [0.15, 0.2) is 5.15 Å². The van der Waals surface area contributed by atoms with Gasteiger partial charge >= 0.3 is 0 Å². The number of carbonyl (C=O) groups excluding carboxylic acids is 1. The summed E-state index contributed by atoms with van der Waals surface area (Å²) in [7, 11) is 1.64. The van der Waals surface area contributed by atoms with Crippen molar-refractivity contribution in [1.82, 2.24) is 19.6 Å². The molecule has 1 amide bonds. The lowest BCUT2D eigenvalue weighted by Crippen LogP contribution is -2.27. The molecule has 4 heterocycles. The van der Waals surface area contributed by atoms with E-state index in [1.165, 1.54) is 23.0 Å². The molecule has 0 unspecified atom stereocenters. The number of nitrogens with zero attached hydrogens (tertiary/aromatic N) is 6. The second-order valence-electron chi connectivity index (χ2n) is 6.55. The molecule has 154 valence electrons. The second kappa shape index (κ2) is 8.63. The molecule has 0 bridgehead atoms. The fourth-order valence-electron chi connectivity index (χ4n) is 3.06. The summed E-state index contributed by atoms with van der Waals surface area (Å²) in [5.41, 5.74) is 4.01. The zero-order valence-electron chi connectivity index (χ0n) is 16.6. The summed E-state index contributed by atoms with van der Waals surface area (Å²) in [5.74, 6) is 0.220. The molecule has 0 aliphatic carbocycles. The van der Waals surface area contributed by atoms with Gasteiger partial charge in [0.25, 0.3) is 5.91 Å². The molecule has 4 rings (SSSR count). The quantitative estimate of drug-likeness (QED) is 0.358. The van der Waals surface area contributed by atoms with E-state index >= 15 is 0 Å². The topological polar surface area (TPSA) is 99.2 Å². The number of carbonyl (C=O) groups is 1. The van der Waals surface area contributed by atoms with Crippen LogP contribution in [0, 0.1) is 11.3 Å². The smallest absolute Gasteiger partial charge is 0.259 e. The minimum absolute atomic E-state index is 0.231. The molecule has 0 saturated carbocycles. The van der Waals surface area contributed by atoms with Crippen LogP contribution in [-0.4, -0.2) is 38.8 Å². The van der Waals surface area contributed by atoms with Crippen molar-refractivity contribution in [3.05, 3.63) is 71.4 Å². The molecule has 0 radical (unpaired) electrons. The zero-order valence-corrected chi connectivity index (χ0v) is 18.1. The maximum Gasteiger partial charge on any atom is 0.259 e. The van der Waals surface area contributed by atoms with Gasteiger partial charge in [0, 0.05) is 48.6 Å². The van der Waals surface area contributed by atoms with E-state index in [0.29, 0.717) is 27.8 Å². The van der Waals surface area contributed by atoms with Crippen molar-refractivity contribution < 1.29 is 4.79 Å². The monoisotopic (exact) mass is 449 g/mol. The third-order valence-corrected chi connectivity index (χ3v) is 5.38. The van der Waals surface area contributed by atoms with Crippen molar-refractivity contribution in [2.45, 2.75) is 0 Å². The average molecular weight is 450 g/mol. The number of amides is 1. The SMILES string of the molecule is CSNc1cc(-c2cnn3ccc(C(=O)N(C)c4ccc(C#N)cn4)cc23)cnc1Cl. The predicted molar refractivity (Wildman–Crippen MR) is 122 cm³/mol. The Morgan fingerprint density at radius 3 is 2.77 bits per heavy atom. The molecular weight excluding hydrogens is 434 g/mol. The molecule has 0 aliphatic rings. The van der Waals surface area contributed by atoms with Crippen molar-refractivity contribution in [3.8, 4) is 17.2 Å². The maximum atomic E-state index is 13.0. The highest BCUT2D eigenvalue weighted by Crippen LogP contribution is 2.31. The third kappa shape index (κ3) is 4.03. The van der Waals surface area contributed by atoms with E-state index in [9.17, 15) is 4.79 Å². The van der Waals surface area contributed by atoms with Gasteiger partial charge in [-0.05, 0) is 30.3 Å². The van der Waals surface area contributed by atoms with Crippen molar-refractivity contribution in [1.29, 1.82) is 5.26 Å². The summed E-state index contributed by atoms with van der Waals surface area (Å²) in [6, 6.07) is 10.6. The minimum atomic E-state index is -0.231. The number of rotatable bonds is 5. The van der Waals surface area contributed by atoms with Crippen LogP contribution in [0.5, 0.6) is 0 Å². The van der Waals surface area contributed by atoms with Crippen LogP contribution in [0.3, 0.4) is 0 Å². The number of fused-ring (bicyclic) bond motifs is 1. The zero-order chi connectivity index (χ0) is 22.0. The number of hydrogen-bond donors (Lipinski definition) is 1. The highest BCUT2D eigenvalue weighted by atomic mass is 35.5. The number of hydrogen-bond acceptors (Lipinski definition) is 7. The molecule has 0 aliphatic heterocycles. The Bertz CT molecular complexity index is 1310. The largest absolute Gasteiger partial charge is 0.327 e. The molecule has 4 aromatic rings. The van der Waals surface area contributed by atoms with Gasteiger partial charge in [-0.1, -0.05) is 23.5 Å². The van der Waals surface area contributed by atoms with Gasteiger partial charge in [0.1, 0.15) is 11.9 Å². The normalized spacial score (nSPS) is 10.6. The Balaban J connectivity index is 1.70. The van der Waals surface area contributed by atoms with Crippen molar-refractivity contribution >= 4 is 46.5 Å². The molecule has 0 saturated heterocycles. The molecule has 0 fully saturated rings. The summed E-state index contributed by atoms with van der Waals surface area (Å²) >= 11 is 7.57.